The number of rotatable bonds is 3. The van der Waals surface area contributed by atoms with E-state index in [2.05, 4.69) is 20.4 Å². The second kappa shape index (κ2) is 4.97. The molecule has 108 valence electrons. The topological polar surface area (TPSA) is 75.1 Å². The summed E-state index contributed by atoms with van der Waals surface area (Å²) in [7, 11) is 0. The molecule has 0 spiro atoms. The van der Waals surface area contributed by atoms with Gasteiger partial charge in [0.05, 0.1) is 0 Å². The van der Waals surface area contributed by atoms with Gasteiger partial charge >= 0.3 is 0 Å². The molecule has 0 saturated carbocycles. The Labute approximate surface area is 117 Å². The van der Waals surface area contributed by atoms with E-state index >= 15 is 0 Å². The van der Waals surface area contributed by atoms with Gasteiger partial charge in [-0.15, -0.1) is 0 Å². The van der Waals surface area contributed by atoms with Crippen LogP contribution < -0.4 is 10.9 Å². The van der Waals surface area contributed by atoms with Crippen LogP contribution in [-0.2, 0) is 6.54 Å². The van der Waals surface area contributed by atoms with Gasteiger partial charge < -0.3 is 5.32 Å². The fourth-order valence-corrected chi connectivity index (χ4v) is 1.97. The van der Waals surface area contributed by atoms with Crippen LogP contribution in [0.1, 0.15) is 11.3 Å². The van der Waals surface area contributed by atoms with E-state index in [0.717, 1.165) is 6.07 Å². The van der Waals surface area contributed by atoms with E-state index in [1.165, 1.54) is 22.7 Å². The predicted octanol–water partition coefficient (Wildman–Crippen LogP) is 1.62. The van der Waals surface area contributed by atoms with E-state index in [1.54, 1.807) is 6.92 Å². The largest absolute Gasteiger partial charge is 0.351 e. The summed E-state index contributed by atoms with van der Waals surface area (Å²) in [6.07, 6.45) is 0. The van der Waals surface area contributed by atoms with Crippen molar-refractivity contribution in [2.24, 2.45) is 0 Å². The zero-order chi connectivity index (χ0) is 15.0. The molecule has 8 heteroatoms. The number of benzene rings is 1. The van der Waals surface area contributed by atoms with E-state index in [-0.39, 0.29) is 23.8 Å². The fraction of sp³-hybridized carbons (Fsp3) is 0.154. The molecule has 2 aromatic heterocycles. The first-order chi connectivity index (χ1) is 10.0. The van der Waals surface area contributed by atoms with Crippen LogP contribution in [0.25, 0.3) is 5.78 Å². The number of fused-ring (bicyclic) bond motifs is 1. The summed E-state index contributed by atoms with van der Waals surface area (Å²) in [5.41, 5.74) is 0.699. The highest BCUT2D eigenvalue weighted by atomic mass is 19.1. The Hall–Kier alpha value is -2.77. The van der Waals surface area contributed by atoms with Crippen LogP contribution in [0.15, 0.2) is 29.1 Å². The van der Waals surface area contributed by atoms with E-state index in [0.29, 0.717) is 11.3 Å². The lowest BCUT2D eigenvalue weighted by Crippen LogP contribution is -2.14. The fourth-order valence-electron chi connectivity index (χ4n) is 1.97. The van der Waals surface area contributed by atoms with Gasteiger partial charge in [0, 0.05) is 24.4 Å². The number of aromatic amines is 1. The molecular weight excluding hydrogens is 280 g/mol. The van der Waals surface area contributed by atoms with Crippen LogP contribution in [0.4, 0.5) is 14.7 Å². The maximum Gasteiger partial charge on any atom is 0.274 e. The van der Waals surface area contributed by atoms with Crippen LogP contribution in [0.5, 0.6) is 0 Å². The number of anilines is 1. The molecule has 0 bridgehead atoms. The van der Waals surface area contributed by atoms with E-state index in [9.17, 15) is 13.6 Å². The smallest absolute Gasteiger partial charge is 0.274 e. The molecule has 3 rings (SSSR count). The third kappa shape index (κ3) is 2.73. The molecule has 3 aromatic rings. The average molecular weight is 291 g/mol. The second-order valence-electron chi connectivity index (χ2n) is 4.57. The quantitative estimate of drug-likeness (QED) is 0.769. The van der Waals surface area contributed by atoms with Crippen LogP contribution in [0.2, 0.25) is 0 Å². The maximum atomic E-state index is 13.1. The number of H-pyrrole nitrogens is 1. The summed E-state index contributed by atoms with van der Waals surface area (Å²) < 4.78 is 27.3. The SMILES string of the molecule is Cc1cc(=O)n2[nH]c(NCc3cc(F)cc(F)c3)nc2n1. The molecule has 0 unspecified atom stereocenters. The zero-order valence-corrected chi connectivity index (χ0v) is 11.0. The summed E-state index contributed by atoms with van der Waals surface area (Å²) in [6.45, 7) is 1.85. The first kappa shape index (κ1) is 13.2. The van der Waals surface area contributed by atoms with Crippen LogP contribution >= 0.6 is 0 Å². The van der Waals surface area contributed by atoms with Crippen molar-refractivity contribution in [1.82, 2.24) is 19.6 Å². The molecule has 2 N–H and O–H groups in total. The van der Waals surface area contributed by atoms with Gasteiger partial charge in [0.15, 0.2) is 0 Å². The molecule has 0 aliphatic rings. The predicted molar refractivity (Wildman–Crippen MR) is 72.0 cm³/mol. The highest BCUT2D eigenvalue weighted by molar-refractivity contribution is 5.37. The van der Waals surface area contributed by atoms with Crippen molar-refractivity contribution in [2.75, 3.05) is 5.32 Å². The monoisotopic (exact) mass is 291 g/mol. The Morgan fingerprint density at radius 2 is 1.90 bits per heavy atom. The molecule has 0 saturated heterocycles. The van der Waals surface area contributed by atoms with Gasteiger partial charge in [0.1, 0.15) is 11.6 Å². The molecule has 0 fully saturated rings. The molecule has 2 heterocycles. The average Bonchev–Trinajstić information content (AvgIpc) is 2.78. The highest BCUT2D eigenvalue weighted by Crippen LogP contribution is 2.10. The molecular formula is C13H11F2N5O. The van der Waals surface area contributed by atoms with E-state index in [4.69, 9.17) is 0 Å². The van der Waals surface area contributed by atoms with Crippen molar-refractivity contribution in [3.63, 3.8) is 0 Å². The molecule has 21 heavy (non-hydrogen) atoms. The Kier molecular flexibility index (Phi) is 3.13. The van der Waals surface area contributed by atoms with Crippen molar-refractivity contribution >= 4 is 11.7 Å². The Morgan fingerprint density at radius 3 is 2.62 bits per heavy atom. The Morgan fingerprint density at radius 1 is 1.19 bits per heavy atom. The van der Waals surface area contributed by atoms with Crippen molar-refractivity contribution in [3.8, 4) is 0 Å². The van der Waals surface area contributed by atoms with Gasteiger partial charge in [-0.1, -0.05) is 0 Å². The molecule has 0 aliphatic heterocycles. The first-order valence-electron chi connectivity index (χ1n) is 6.16. The van der Waals surface area contributed by atoms with Gasteiger partial charge in [-0.3, -0.25) is 9.89 Å². The van der Waals surface area contributed by atoms with Crippen molar-refractivity contribution in [2.45, 2.75) is 13.5 Å². The first-order valence-corrected chi connectivity index (χ1v) is 6.16. The maximum absolute atomic E-state index is 13.1. The summed E-state index contributed by atoms with van der Waals surface area (Å²) in [6, 6.07) is 4.61. The third-order valence-corrected chi connectivity index (χ3v) is 2.84. The van der Waals surface area contributed by atoms with Crippen LogP contribution in [0.3, 0.4) is 0 Å². The summed E-state index contributed by atoms with van der Waals surface area (Å²) in [4.78, 5) is 19.9. The van der Waals surface area contributed by atoms with E-state index < -0.39 is 11.6 Å². The Balaban J connectivity index is 1.85. The van der Waals surface area contributed by atoms with E-state index in [1.807, 2.05) is 0 Å². The molecule has 0 atom stereocenters. The number of halogens is 2. The molecule has 0 radical (unpaired) electrons. The standard InChI is InChI=1S/C13H11F2N5O/c1-7-2-11(21)20-13(17-7)18-12(19-20)16-6-8-3-9(14)5-10(15)4-8/h2-5H,6H2,1H3,(H2,16,17,18,19). The number of aryl methyl sites for hydroxylation is 1. The second-order valence-corrected chi connectivity index (χ2v) is 4.57. The molecule has 0 amide bonds. The molecule has 0 aliphatic carbocycles. The summed E-state index contributed by atoms with van der Waals surface area (Å²) >= 11 is 0. The minimum atomic E-state index is -0.648. The number of hydrogen-bond acceptors (Lipinski definition) is 4. The van der Waals surface area contributed by atoms with Gasteiger partial charge in [-0.25, -0.2) is 13.8 Å². The molecule has 6 nitrogen and oxygen atoms in total. The number of hydrogen-bond donors (Lipinski definition) is 2. The van der Waals surface area contributed by atoms with Crippen LogP contribution in [0, 0.1) is 18.6 Å². The lowest BCUT2D eigenvalue weighted by Gasteiger charge is -2.03. The normalized spacial score (nSPS) is 11.0. The van der Waals surface area contributed by atoms with Crippen LogP contribution in [-0.4, -0.2) is 19.6 Å². The van der Waals surface area contributed by atoms with Crippen molar-refractivity contribution in [3.05, 3.63) is 57.5 Å². The number of nitrogens with zero attached hydrogens (tertiary/aromatic N) is 3. The minimum Gasteiger partial charge on any atom is -0.351 e. The summed E-state index contributed by atoms with van der Waals surface area (Å²) in [5, 5.41) is 5.57. The molecule has 1 aromatic carbocycles. The lowest BCUT2D eigenvalue weighted by atomic mass is 10.2. The zero-order valence-electron chi connectivity index (χ0n) is 11.0. The van der Waals surface area contributed by atoms with Crippen molar-refractivity contribution < 1.29 is 8.78 Å². The Bertz CT molecular complexity index is 850. The lowest BCUT2D eigenvalue weighted by molar-refractivity contribution is 0.580. The van der Waals surface area contributed by atoms with Crippen molar-refractivity contribution in [1.29, 1.82) is 0 Å². The van der Waals surface area contributed by atoms with Gasteiger partial charge in [-0.2, -0.15) is 9.50 Å². The summed E-state index contributed by atoms with van der Waals surface area (Å²) in [5.74, 6) is -0.780. The number of nitrogens with one attached hydrogen (secondary N) is 2. The van der Waals surface area contributed by atoms with Gasteiger partial charge in [0.25, 0.3) is 11.3 Å². The number of aromatic nitrogens is 4. The minimum absolute atomic E-state index is 0.155. The van der Waals surface area contributed by atoms with Gasteiger partial charge in [-0.05, 0) is 24.6 Å². The van der Waals surface area contributed by atoms with Gasteiger partial charge in [0.2, 0.25) is 5.95 Å². The third-order valence-electron chi connectivity index (χ3n) is 2.84. The highest BCUT2D eigenvalue weighted by Gasteiger charge is 2.07.